The fourth-order valence-electron chi connectivity index (χ4n) is 2.67. The molecule has 3 aromatic rings. The van der Waals surface area contributed by atoms with Gasteiger partial charge in [-0.15, -0.1) is 11.3 Å². The molecular weight excluding hydrogens is 445 g/mol. The summed E-state index contributed by atoms with van der Waals surface area (Å²) in [6.45, 7) is 3.79. The number of carbonyl (C=O) groups excluding carboxylic acids is 1. The minimum absolute atomic E-state index is 0.0670. The van der Waals surface area contributed by atoms with E-state index in [1.807, 2.05) is 13.8 Å². The zero-order chi connectivity index (χ0) is 21.8. The van der Waals surface area contributed by atoms with E-state index < -0.39 is 0 Å². The molecule has 0 unspecified atom stereocenters. The Bertz CT molecular complexity index is 1240. The fraction of sp³-hybridized carbons (Fsp3) is 0.182. The lowest BCUT2D eigenvalue weighted by Gasteiger charge is -2.15. The van der Waals surface area contributed by atoms with E-state index in [-0.39, 0.29) is 17.4 Å². The third-order valence-electron chi connectivity index (χ3n) is 3.97. The fourth-order valence-corrected chi connectivity index (χ4v) is 3.94. The molecule has 30 heavy (non-hydrogen) atoms. The van der Waals surface area contributed by atoms with E-state index in [0.717, 1.165) is 0 Å². The second-order valence-electron chi connectivity index (χ2n) is 6.65. The maximum atomic E-state index is 12.4. The van der Waals surface area contributed by atoms with Crippen molar-refractivity contribution in [2.45, 2.75) is 20.0 Å². The molecule has 0 bridgehead atoms. The second kappa shape index (κ2) is 9.51. The molecule has 1 heterocycles. The van der Waals surface area contributed by atoms with E-state index in [1.165, 1.54) is 24.5 Å². The molecule has 1 N–H and O–H groups in total. The summed E-state index contributed by atoms with van der Waals surface area (Å²) in [6.07, 6.45) is 3.00. The van der Waals surface area contributed by atoms with Crippen LogP contribution in [0, 0.1) is 0 Å². The third kappa shape index (κ3) is 5.33. The lowest BCUT2D eigenvalue weighted by molar-refractivity contribution is 0.106. The molecule has 0 atom stereocenters. The number of rotatable bonds is 6. The van der Waals surface area contributed by atoms with E-state index >= 15 is 0 Å². The van der Waals surface area contributed by atoms with Crippen molar-refractivity contribution in [2.75, 3.05) is 7.11 Å². The van der Waals surface area contributed by atoms with Gasteiger partial charge in [0.2, 0.25) is 0 Å². The molecule has 0 saturated carbocycles. The zero-order valence-corrected chi connectivity index (χ0v) is 18.8. The molecule has 0 fully saturated rings. The number of ketones is 1. The molecule has 0 aliphatic heterocycles. The highest BCUT2D eigenvalue weighted by Crippen LogP contribution is 2.37. The van der Waals surface area contributed by atoms with Gasteiger partial charge >= 0.3 is 0 Å². The molecule has 0 aliphatic carbocycles. The molecule has 0 saturated heterocycles. The van der Waals surface area contributed by atoms with E-state index in [0.29, 0.717) is 41.9 Å². The smallest absolute Gasteiger partial charge is 0.266 e. The van der Waals surface area contributed by atoms with Crippen molar-refractivity contribution in [1.29, 1.82) is 0 Å². The molecule has 3 rings (SSSR count). The van der Waals surface area contributed by atoms with Crippen LogP contribution in [0.4, 0.5) is 0 Å². The summed E-state index contributed by atoms with van der Waals surface area (Å²) in [6, 6.07) is 9.99. The van der Waals surface area contributed by atoms with Crippen molar-refractivity contribution in [3.05, 3.63) is 77.1 Å². The van der Waals surface area contributed by atoms with Gasteiger partial charge in [0.05, 0.1) is 27.4 Å². The Labute approximate surface area is 187 Å². The lowest BCUT2D eigenvalue weighted by atomic mass is 10.1. The minimum Gasteiger partial charge on any atom is -0.493 e. The normalized spacial score (nSPS) is 12.5. The number of Topliss-reactive ketones (excluding diaryl/α,β-unsaturated/α-hetero) is 1. The van der Waals surface area contributed by atoms with Crippen LogP contribution in [-0.2, 0) is 0 Å². The summed E-state index contributed by atoms with van der Waals surface area (Å²) in [4.78, 5) is 27.4. The molecule has 0 radical (unpaired) electrons. The lowest BCUT2D eigenvalue weighted by Crippen LogP contribution is -2.20. The number of aromatic nitrogens is 1. The van der Waals surface area contributed by atoms with Crippen LogP contribution in [0.5, 0.6) is 11.5 Å². The van der Waals surface area contributed by atoms with Gasteiger partial charge < -0.3 is 14.5 Å². The van der Waals surface area contributed by atoms with E-state index in [2.05, 4.69) is 4.98 Å². The Morgan fingerprint density at radius 1 is 1.17 bits per heavy atom. The summed E-state index contributed by atoms with van der Waals surface area (Å²) >= 11 is 13.4. The van der Waals surface area contributed by atoms with Gasteiger partial charge in [-0.2, -0.15) is 0 Å². The first kappa shape index (κ1) is 22.2. The summed E-state index contributed by atoms with van der Waals surface area (Å²) in [5.41, 5.74) is 0.861. The molecule has 2 aromatic carbocycles. The Kier molecular flexibility index (Phi) is 7.02. The van der Waals surface area contributed by atoms with Gasteiger partial charge in [0, 0.05) is 16.7 Å². The van der Waals surface area contributed by atoms with Crippen molar-refractivity contribution in [2.24, 2.45) is 0 Å². The monoisotopic (exact) mass is 463 g/mol. The highest BCUT2D eigenvalue weighted by Gasteiger charge is 2.13. The standard InChI is InChI=1S/C22H19Cl2NO4S/c1-12(2)29-21-16(24)8-13(9-18(21)28-3)10-19-22(27)25-20(30-19)11-17(26)14-4-6-15(23)7-5-14/h4-12H,1-3H3,(H,25,27)/b19-10-,20-11-. The van der Waals surface area contributed by atoms with Crippen LogP contribution in [0.3, 0.4) is 0 Å². The Balaban J connectivity index is 1.98. The van der Waals surface area contributed by atoms with E-state index in [9.17, 15) is 9.59 Å². The maximum Gasteiger partial charge on any atom is 0.266 e. The highest BCUT2D eigenvalue weighted by atomic mass is 35.5. The van der Waals surface area contributed by atoms with Gasteiger partial charge in [0.25, 0.3) is 5.56 Å². The summed E-state index contributed by atoms with van der Waals surface area (Å²) in [5.74, 6) is 0.699. The van der Waals surface area contributed by atoms with Crippen molar-refractivity contribution < 1.29 is 14.3 Å². The molecule has 156 valence electrons. The quantitative estimate of drug-likeness (QED) is 0.560. The molecular formula is C22H19Cl2NO4S. The van der Waals surface area contributed by atoms with Gasteiger partial charge in [0.15, 0.2) is 17.3 Å². The number of nitrogens with one attached hydrogen (secondary N) is 1. The first-order valence-electron chi connectivity index (χ1n) is 9.03. The predicted octanol–water partition coefficient (Wildman–Crippen LogP) is 4.03. The molecule has 8 heteroatoms. The highest BCUT2D eigenvalue weighted by molar-refractivity contribution is 7.07. The summed E-state index contributed by atoms with van der Waals surface area (Å²) in [7, 11) is 1.52. The molecule has 5 nitrogen and oxygen atoms in total. The van der Waals surface area contributed by atoms with Crippen LogP contribution in [0.1, 0.15) is 29.8 Å². The summed E-state index contributed by atoms with van der Waals surface area (Å²) < 4.78 is 12.0. The number of methoxy groups -OCH3 is 1. The minimum atomic E-state index is -0.298. The number of hydrogen-bond acceptors (Lipinski definition) is 5. The first-order valence-corrected chi connectivity index (χ1v) is 10.6. The largest absolute Gasteiger partial charge is 0.493 e. The van der Waals surface area contributed by atoms with Gasteiger partial charge in [-0.3, -0.25) is 9.59 Å². The predicted molar refractivity (Wildman–Crippen MR) is 122 cm³/mol. The van der Waals surface area contributed by atoms with Crippen LogP contribution < -0.4 is 24.2 Å². The van der Waals surface area contributed by atoms with Crippen LogP contribution in [0.15, 0.2) is 41.2 Å². The number of aromatic amines is 1. The number of halogens is 2. The Morgan fingerprint density at radius 3 is 2.50 bits per heavy atom. The van der Waals surface area contributed by atoms with E-state index in [1.54, 1.807) is 42.5 Å². The average Bonchev–Trinajstić information content (AvgIpc) is 3.02. The van der Waals surface area contributed by atoms with Crippen LogP contribution in [-0.4, -0.2) is 24.0 Å². The molecule has 0 aliphatic rings. The Morgan fingerprint density at radius 2 is 1.87 bits per heavy atom. The molecule has 0 spiro atoms. The molecule has 0 amide bonds. The van der Waals surface area contributed by atoms with Crippen molar-refractivity contribution in [3.8, 4) is 11.5 Å². The van der Waals surface area contributed by atoms with Crippen molar-refractivity contribution >= 4 is 52.5 Å². The van der Waals surface area contributed by atoms with Crippen LogP contribution in [0.25, 0.3) is 12.2 Å². The number of ether oxygens (including phenoxy) is 2. The van der Waals surface area contributed by atoms with Gasteiger partial charge in [-0.1, -0.05) is 23.2 Å². The topological polar surface area (TPSA) is 68.4 Å². The Hall–Kier alpha value is -2.54. The number of benzene rings is 2. The third-order valence-corrected chi connectivity index (χ3v) is 5.47. The van der Waals surface area contributed by atoms with Gasteiger partial charge in [0.1, 0.15) is 0 Å². The van der Waals surface area contributed by atoms with Crippen LogP contribution >= 0.6 is 34.5 Å². The number of H-pyrrole nitrogens is 1. The van der Waals surface area contributed by atoms with Crippen molar-refractivity contribution in [1.82, 2.24) is 4.98 Å². The zero-order valence-electron chi connectivity index (χ0n) is 16.5. The van der Waals surface area contributed by atoms with Gasteiger partial charge in [-0.25, -0.2) is 0 Å². The van der Waals surface area contributed by atoms with Gasteiger partial charge in [-0.05, 0) is 61.9 Å². The van der Waals surface area contributed by atoms with Crippen LogP contribution in [0.2, 0.25) is 10.0 Å². The number of carbonyl (C=O) groups is 1. The summed E-state index contributed by atoms with van der Waals surface area (Å²) in [5, 5.41) is 0.929. The maximum absolute atomic E-state index is 12.4. The number of thiazole rings is 1. The van der Waals surface area contributed by atoms with Crippen molar-refractivity contribution in [3.63, 3.8) is 0 Å². The number of hydrogen-bond donors (Lipinski definition) is 1. The van der Waals surface area contributed by atoms with E-state index in [4.69, 9.17) is 32.7 Å². The second-order valence-corrected chi connectivity index (χ2v) is 8.57. The molecule has 1 aromatic heterocycles. The SMILES string of the molecule is COc1cc(/C=c2\s/c(=C\C(=O)c3ccc(Cl)cc3)[nH]c2=O)cc(Cl)c1OC(C)C. The first-order chi connectivity index (χ1) is 14.3. The average molecular weight is 464 g/mol.